The van der Waals surface area contributed by atoms with Crippen molar-refractivity contribution in [3.8, 4) is 5.69 Å². The van der Waals surface area contributed by atoms with Crippen LogP contribution in [-0.2, 0) is 13.6 Å². The molecule has 3 aromatic rings. The Hall–Kier alpha value is -2.56. The van der Waals surface area contributed by atoms with Crippen LogP contribution in [0.2, 0.25) is 0 Å². The quantitative estimate of drug-likeness (QED) is 0.775. The average Bonchev–Trinajstić information content (AvgIpc) is 3.08. The van der Waals surface area contributed by atoms with Crippen molar-refractivity contribution in [3.05, 3.63) is 61.2 Å². The van der Waals surface area contributed by atoms with Gasteiger partial charge in [-0.2, -0.15) is 0 Å². The van der Waals surface area contributed by atoms with Crippen LogP contribution in [0.25, 0.3) is 5.69 Å². The zero-order valence-electron chi connectivity index (χ0n) is 10.7. The standard InChI is InChI=1S/C14H15N5/c1-18-8-7-16-14(18)10-17-12-4-2-3-5-13(12)19-9-6-15-11-19/h2-9,11,17H,10H2,1H3. The Labute approximate surface area is 111 Å². The first-order chi connectivity index (χ1) is 9.34. The number of aromatic nitrogens is 4. The second-order valence-electron chi connectivity index (χ2n) is 4.30. The number of nitrogens with zero attached hydrogens (tertiary/aromatic N) is 4. The van der Waals surface area contributed by atoms with Gasteiger partial charge in [0.05, 0.1) is 24.2 Å². The van der Waals surface area contributed by atoms with Crippen molar-refractivity contribution in [2.45, 2.75) is 6.54 Å². The Morgan fingerprint density at radius 3 is 2.79 bits per heavy atom. The Bertz CT molecular complexity index is 654. The number of para-hydroxylation sites is 2. The molecule has 0 aliphatic carbocycles. The third kappa shape index (κ3) is 2.35. The molecule has 2 aromatic heterocycles. The molecule has 3 rings (SSSR count). The summed E-state index contributed by atoms with van der Waals surface area (Å²) >= 11 is 0. The van der Waals surface area contributed by atoms with E-state index in [0.29, 0.717) is 6.54 Å². The van der Waals surface area contributed by atoms with Crippen LogP contribution in [0.1, 0.15) is 5.82 Å². The highest BCUT2D eigenvalue weighted by molar-refractivity contribution is 5.60. The first-order valence-corrected chi connectivity index (χ1v) is 6.12. The highest BCUT2D eigenvalue weighted by Crippen LogP contribution is 2.19. The van der Waals surface area contributed by atoms with E-state index in [0.717, 1.165) is 17.2 Å². The highest BCUT2D eigenvalue weighted by Gasteiger charge is 2.04. The van der Waals surface area contributed by atoms with Gasteiger partial charge in [0.15, 0.2) is 0 Å². The van der Waals surface area contributed by atoms with E-state index in [2.05, 4.69) is 27.4 Å². The molecular weight excluding hydrogens is 238 g/mol. The average molecular weight is 253 g/mol. The summed E-state index contributed by atoms with van der Waals surface area (Å²) in [5.74, 6) is 1.00. The molecule has 0 aliphatic heterocycles. The number of benzene rings is 1. The second kappa shape index (κ2) is 4.97. The van der Waals surface area contributed by atoms with Gasteiger partial charge in [-0.25, -0.2) is 9.97 Å². The minimum absolute atomic E-state index is 0.690. The molecule has 0 amide bonds. The number of hydrogen-bond acceptors (Lipinski definition) is 3. The first-order valence-electron chi connectivity index (χ1n) is 6.12. The van der Waals surface area contributed by atoms with Gasteiger partial charge in [0.25, 0.3) is 0 Å². The SMILES string of the molecule is Cn1ccnc1CNc1ccccc1-n1ccnc1. The molecular formula is C14H15N5. The maximum Gasteiger partial charge on any atom is 0.127 e. The smallest absolute Gasteiger partial charge is 0.127 e. The second-order valence-corrected chi connectivity index (χ2v) is 4.30. The summed E-state index contributed by atoms with van der Waals surface area (Å²) in [5.41, 5.74) is 2.14. The molecule has 0 saturated heterocycles. The van der Waals surface area contributed by atoms with Crippen LogP contribution in [0.5, 0.6) is 0 Å². The van der Waals surface area contributed by atoms with E-state index < -0.39 is 0 Å². The fraction of sp³-hybridized carbons (Fsp3) is 0.143. The van der Waals surface area contributed by atoms with Gasteiger partial charge in [0.1, 0.15) is 5.82 Å². The van der Waals surface area contributed by atoms with Crippen LogP contribution in [0, 0.1) is 0 Å². The van der Waals surface area contributed by atoms with Crippen molar-refractivity contribution >= 4 is 5.69 Å². The first kappa shape index (κ1) is 11.5. The number of aryl methyl sites for hydroxylation is 1. The van der Waals surface area contributed by atoms with Crippen LogP contribution in [0.15, 0.2) is 55.4 Å². The number of anilines is 1. The Morgan fingerprint density at radius 2 is 2.05 bits per heavy atom. The van der Waals surface area contributed by atoms with Crippen molar-refractivity contribution in [2.75, 3.05) is 5.32 Å². The Kier molecular flexibility index (Phi) is 3.02. The summed E-state index contributed by atoms with van der Waals surface area (Å²) in [6.07, 6.45) is 9.25. The monoisotopic (exact) mass is 253 g/mol. The van der Waals surface area contributed by atoms with Gasteiger partial charge in [0.2, 0.25) is 0 Å². The summed E-state index contributed by atoms with van der Waals surface area (Å²) in [6, 6.07) is 8.14. The fourth-order valence-electron chi connectivity index (χ4n) is 1.99. The molecule has 0 unspecified atom stereocenters. The normalized spacial score (nSPS) is 10.6. The highest BCUT2D eigenvalue weighted by atomic mass is 15.1. The molecule has 5 nitrogen and oxygen atoms in total. The van der Waals surface area contributed by atoms with E-state index in [4.69, 9.17) is 0 Å². The van der Waals surface area contributed by atoms with E-state index >= 15 is 0 Å². The molecule has 0 spiro atoms. The van der Waals surface area contributed by atoms with Gasteiger partial charge >= 0.3 is 0 Å². The van der Waals surface area contributed by atoms with Crippen molar-refractivity contribution in [1.29, 1.82) is 0 Å². The maximum atomic E-state index is 4.30. The number of hydrogen-bond donors (Lipinski definition) is 1. The van der Waals surface area contributed by atoms with E-state index in [1.54, 1.807) is 18.7 Å². The van der Waals surface area contributed by atoms with Crippen LogP contribution < -0.4 is 5.32 Å². The lowest BCUT2D eigenvalue weighted by molar-refractivity contribution is 0.812. The van der Waals surface area contributed by atoms with Gasteiger partial charge in [-0.15, -0.1) is 0 Å². The number of rotatable bonds is 4. The Morgan fingerprint density at radius 1 is 1.16 bits per heavy atom. The Balaban J connectivity index is 1.84. The number of imidazole rings is 2. The summed E-state index contributed by atoms with van der Waals surface area (Å²) in [4.78, 5) is 8.39. The van der Waals surface area contributed by atoms with Gasteiger partial charge in [-0.3, -0.25) is 0 Å². The molecule has 0 saturated carbocycles. The van der Waals surface area contributed by atoms with Gasteiger partial charge in [-0.1, -0.05) is 12.1 Å². The lowest BCUT2D eigenvalue weighted by Gasteiger charge is -2.12. The third-order valence-electron chi connectivity index (χ3n) is 3.04. The summed E-state index contributed by atoms with van der Waals surface area (Å²) < 4.78 is 3.99. The predicted molar refractivity (Wildman–Crippen MR) is 74.1 cm³/mol. The fourth-order valence-corrected chi connectivity index (χ4v) is 1.99. The zero-order chi connectivity index (χ0) is 13.1. The number of nitrogens with one attached hydrogen (secondary N) is 1. The lowest BCUT2D eigenvalue weighted by atomic mass is 10.2. The largest absolute Gasteiger partial charge is 0.376 e. The maximum absolute atomic E-state index is 4.30. The predicted octanol–water partition coefficient (Wildman–Crippen LogP) is 2.22. The zero-order valence-corrected chi connectivity index (χ0v) is 10.7. The van der Waals surface area contributed by atoms with Crippen molar-refractivity contribution in [3.63, 3.8) is 0 Å². The van der Waals surface area contributed by atoms with Crippen molar-refractivity contribution < 1.29 is 0 Å². The van der Waals surface area contributed by atoms with Crippen LogP contribution in [-0.4, -0.2) is 19.1 Å². The van der Waals surface area contributed by atoms with Crippen LogP contribution >= 0.6 is 0 Å². The minimum Gasteiger partial charge on any atom is -0.376 e. The summed E-state index contributed by atoms with van der Waals surface area (Å²) in [7, 11) is 1.99. The molecule has 5 heteroatoms. The van der Waals surface area contributed by atoms with Crippen LogP contribution in [0.3, 0.4) is 0 Å². The topological polar surface area (TPSA) is 47.7 Å². The molecule has 0 bridgehead atoms. The van der Waals surface area contributed by atoms with Gasteiger partial charge in [-0.05, 0) is 12.1 Å². The molecule has 0 radical (unpaired) electrons. The third-order valence-corrected chi connectivity index (χ3v) is 3.04. The molecule has 1 N–H and O–H groups in total. The van der Waals surface area contributed by atoms with Crippen molar-refractivity contribution in [1.82, 2.24) is 19.1 Å². The molecule has 19 heavy (non-hydrogen) atoms. The molecule has 0 atom stereocenters. The molecule has 0 aliphatic rings. The van der Waals surface area contributed by atoms with E-state index in [-0.39, 0.29) is 0 Å². The van der Waals surface area contributed by atoms with E-state index in [1.165, 1.54) is 0 Å². The molecule has 0 fully saturated rings. The van der Waals surface area contributed by atoms with Gasteiger partial charge < -0.3 is 14.5 Å². The van der Waals surface area contributed by atoms with Crippen LogP contribution in [0.4, 0.5) is 5.69 Å². The lowest BCUT2D eigenvalue weighted by Crippen LogP contribution is -2.07. The molecule has 1 aromatic carbocycles. The van der Waals surface area contributed by atoms with Crippen molar-refractivity contribution in [2.24, 2.45) is 7.05 Å². The molecule has 2 heterocycles. The summed E-state index contributed by atoms with van der Waals surface area (Å²) in [5, 5.41) is 3.41. The minimum atomic E-state index is 0.690. The van der Waals surface area contributed by atoms with E-state index in [1.807, 2.05) is 40.7 Å². The molecule has 96 valence electrons. The summed E-state index contributed by atoms with van der Waals surface area (Å²) in [6.45, 7) is 0.690. The van der Waals surface area contributed by atoms with Gasteiger partial charge in [0, 0.05) is 31.8 Å². The van der Waals surface area contributed by atoms with E-state index in [9.17, 15) is 0 Å².